The van der Waals surface area contributed by atoms with Crippen molar-refractivity contribution in [2.45, 2.75) is 46.2 Å². The third-order valence-electron chi connectivity index (χ3n) is 2.02. The van der Waals surface area contributed by atoms with E-state index < -0.39 is 0 Å². The van der Waals surface area contributed by atoms with Gasteiger partial charge in [-0.2, -0.15) is 0 Å². The van der Waals surface area contributed by atoms with Gasteiger partial charge in [0.2, 0.25) is 0 Å². The maximum atomic E-state index is 11.6. The Morgan fingerprint density at radius 3 is 2.44 bits per heavy atom. The summed E-state index contributed by atoms with van der Waals surface area (Å²) in [5.41, 5.74) is -0.199. The molecule has 0 fully saturated rings. The quantitative estimate of drug-likeness (QED) is 0.819. The number of urea groups is 1. The van der Waals surface area contributed by atoms with Crippen LogP contribution in [0.2, 0.25) is 0 Å². The van der Waals surface area contributed by atoms with Crippen LogP contribution in [0.3, 0.4) is 0 Å². The Morgan fingerprint density at radius 1 is 1.38 bits per heavy atom. The highest BCUT2D eigenvalue weighted by Gasteiger charge is 2.16. The van der Waals surface area contributed by atoms with Gasteiger partial charge < -0.3 is 10.6 Å². The highest BCUT2D eigenvalue weighted by molar-refractivity contribution is 7.12. The van der Waals surface area contributed by atoms with E-state index in [9.17, 15) is 4.79 Å². The minimum atomic E-state index is -0.199. The Hall–Kier alpha value is -1.03. The van der Waals surface area contributed by atoms with Gasteiger partial charge in [0.25, 0.3) is 0 Å². The lowest BCUT2D eigenvalue weighted by atomic mass is 10.1. The summed E-state index contributed by atoms with van der Waals surface area (Å²) in [7, 11) is 0. The summed E-state index contributed by atoms with van der Waals surface area (Å²) in [6, 6.07) is 4.06. The number of carbonyl (C=O) groups is 1. The number of thiophene rings is 1. The molecule has 0 saturated heterocycles. The van der Waals surface area contributed by atoms with Crippen molar-refractivity contribution in [3.05, 3.63) is 21.9 Å². The summed E-state index contributed by atoms with van der Waals surface area (Å²) in [6.45, 7) is 9.95. The van der Waals surface area contributed by atoms with E-state index in [1.54, 1.807) is 11.3 Å². The average Bonchev–Trinajstić information content (AvgIpc) is 2.47. The molecule has 1 rings (SSSR count). The zero-order valence-electron chi connectivity index (χ0n) is 10.5. The Bertz CT molecular complexity index is 365. The summed E-state index contributed by atoms with van der Waals surface area (Å²) < 4.78 is 0. The van der Waals surface area contributed by atoms with Gasteiger partial charge in [-0.3, -0.25) is 0 Å². The molecule has 0 bridgehead atoms. The normalized spacial score (nSPS) is 13.3. The van der Waals surface area contributed by atoms with Crippen molar-refractivity contribution in [2.75, 3.05) is 0 Å². The predicted molar refractivity (Wildman–Crippen MR) is 68.9 cm³/mol. The molecule has 1 unspecified atom stereocenters. The molecule has 4 heteroatoms. The first-order valence-corrected chi connectivity index (χ1v) is 6.24. The van der Waals surface area contributed by atoms with Crippen molar-refractivity contribution >= 4 is 17.4 Å². The first-order valence-electron chi connectivity index (χ1n) is 5.43. The number of hydrogen-bond donors (Lipinski definition) is 2. The van der Waals surface area contributed by atoms with Crippen molar-refractivity contribution in [1.29, 1.82) is 0 Å². The molecular weight excluding hydrogens is 220 g/mol. The standard InChI is InChI=1S/C12H20N2OS/c1-8-6-7-10(16-8)9(2)13-11(15)14-12(3,4)5/h6-7,9H,1-5H3,(H2,13,14,15). The van der Waals surface area contributed by atoms with E-state index in [1.807, 2.05) is 27.7 Å². The van der Waals surface area contributed by atoms with Gasteiger partial charge >= 0.3 is 6.03 Å². The summed E-state index contributed by atoms with van der Waals surface area (Å²) in [6.07, 6.45) is 0. The largest absolute Gasteiger partial charge is 0.334 e. The molecule has 90 valence electrons. The van der Waals surface area contributed by atoms with Crippen molar-refractivity contribution in [3.63, 3.8) is 0 Å². The number of carbonyl (C=O) groups excluding carboxylic acids is 1. The molecule has 1 heterocycles. The molecule has 0 aliphatic rings. The van der Waals surface area contributed by atoms with E-state index in [0.717, 1.165) is 0 Å². The molecule has 1 aromatic rings. The summed E-state index contributed by atoms with van der Waals surface area (Å²) in [4.78, 5) is 14.1. The van der Waals surface area contributed by atoms with E-state index in [2.05, 4.69) is 29.7 Å². The molecule has 1 atom stereocenters. The van der Waals surface area contributed by atoms with Crippen LogP contribution in [0.4, 0.5) is 4.79 Å². The van der Waals surface area contributed by atoms with E-state index >= 15 is 0 Å². The van der Waals surface area contributed by atoms with E-state index in [-0.39, 0.29) is 17.6 Å². The van der Waals surface area contributed by atoms with Crippen LogP contribution in [0.15, 0.2) is 12.1 Å². The molecule has 0 aliphatic carbocycles. The Kier molecular flexibility index (Phi) is 3.97. The summed E-state index contributed by atoms with van der Waals surface area (Å²) in [5.74, 6) is 0. The Morgan fingerprint density at radius 2 is 2.00 bits per heavy atom. The molecule has 0 aromatic carbocycles. The van der Waals surface area contributed by atoms with Crippen LogP contribution >= 0.6 is 11.3 Å². The van der Waals surface area contributed by atoms with Crippen molar-refractivity contribution in [1.82, 2.24) is 10.6 Å². The second-order valence-electron chi connectivity index (χ2n) is 5.02. The number of rotatable bonds is 2. The molecule has 0 spiro atoms. The number of aryl methyl sites for hydroxylation is 1. The number of hydrogen-bond acceptors (Lipinski definition) is 2. The van der Waals surface area contributed by atoms with Gasteiger partial charge in [0.1, 0.15) is 0 Å². The molecule has 2 N–H and O–H groups in total. The van der Waals surface area contributed by atoms with Crippen LogP contribution in [0.5, 0.6) is 0 Å². The number of nitrogens with one attached hydrogen (secondary N) is 2. The fourth-order valence-electron chi connectivity index (χ4n) is 1.33. The molecular formula is C12H20N2OS. The van der Waals surface area contributed by atoms with Gasteiger partial charge in [-0.25, -0.2) is 4.79 Å². The maximum absolute atomic E-state index is 11.6. The topological polar surface area (TPSA) is 41.1 Å². The Labute approximate surface area is 101 Å². The third-order valence-corrected chi connectivity index (χ3v) is 3.21. The van der Waals surface area contributed by atoms with Crippen LogP contribution in [-0.4, -0.2) is 11.6 Å². The maximum Gasteiger partial charge on any atom is 0.315 e. The fraction of sp³-hybridized carbons (Fsp3) is 0.583. The van der Waals surface area contributed by atoms with Crippen molar-refractivity contribution in [2.24, 2.45) is 0 Å². The van der Waals surface area contributed by atoms with Gasteiger partial charge in [0, 0.05) is 15.3 Å². The van der Waals surface area contributed by atoms with Crippen LogP contribution in [0, 0.1) is 6.92 Å². The average molecular weight is 240 g/mol. The third kappa shape index (κ3) is 4.23. The first kappa shape index (κ1) is 13.0. The van der Waals surface area contributed by atoms with Crippen LogP contribution in [0.25, 0.3) is 0 Å². The molecule has 1 aromatic heterocycles. The molecule has 0 saturated carbocycles. The molecule has 0 radical (unpaired) electrons. The van der Waals surface area contributed by atoms with Gasteiger partial charge in [-0.1, -0.05) is 0 Å². The molecule has 3 nitrogen and oxygen atoms in total. The molecule has 2 amide bonds. The molecule has 16 heavy (non-hydrogen) atoms. The zero-order valence-corrected chi connectivity index (χ0v) is 11.4. The SMILES string of the molecule is Cc1ccc(C(C)NC(=O)NC(C)(C)C)s1. The first-order chi connectivity index (χ1) is 7.28. The highest BCUT2D eigenvalue weighted by Crippen LogP contribution is 2.22. The Balaban J connectivity index is 2.52. The van der Waals surface area contributed by atoms with Crippen LogP contribution < -0.4 is 10.6 Å². The second-order valence-corrected chi connectivity index (χ2v) is 6.34. The zero-order chi connectivity index (χ0) is 12.3. The minimum Gasteiger partial charge on any atom is -0.334 e. The van der Waals surface area contributed by atoms with Crippen molar-refractivity contribution < 1.29 is 4.79 Å². The van der Waals surface area contributed by atoms with Crippen molar-refractivity contribution in [3.8, 4) is 0 Å². The highest BCUT2D eigenvalue weighted by atomic mass is 32.1. The lowest BCUT2D eigenvalue weighted by Crippen LogP contribution is -2.46. The number of amides is 2. The summed E-state index contributed by atoms with van der Waals surface area (Å²) >= 11 is 1.71. The smallest absolute Gasteiger partial charge is 0.315 e. The lowest BCUT2D eigenvalue weighted by Gasteiger charge is -2.22. The molecule has 0 aliphatic heterocycles. The second kappa shape index (κ2) is 4.87. The van der Waals surface area contributed by atoms with Gasteiger partial charge in [0.15, 0.2) is 0 Å². The van der Waals surface area contributed by atoms with E-state index in [4.69, 9.17) is 0 Å². The minimum absolute atomic E-state index is 0.0565. The predicted octanol–water partition coefficient (Wildman–Crippen LogP) is 3.22. The lowest BCUT2D eigenvalue weighted by molar-refractivity contribution is 0.229. The van der Waals surface area contributed by atoms with Crippen LogP contribution in [-0.2, 0) is 0 Å². The van der Waals surface area contributed by atoms with Crippen LogP contribution in [0.1, 0.15) is 43.5 Å². The monoisotopic (exact) mass is 240 g/mol. The van der Waals surface area contributed by atoms with E-state index in [1.165, 1.54) is 9.75 Å². The summed E-state index contributed by atoms with van der Waals surface area (Å²) in [5, 5.41) is 5.81. The van der Waals surface area contributed by atoms with E-state index in [0.29, 0.717) is 0 Å². The van der Waals surface area contributed by atoms with Gasteiger partial charge in [-0.15, -0.1) is 11.3 Å². The van der Waals surface area contributed by atoms with Gasteiger partial charge in [0.05, 0.1) is 6.04 Å². The van der Waals surface area contributed by atoms with Gasteiger partial charge in [-0.05, 0) is 46.8 Å². The fourth-order valence-corrected chi connectivity index (χ4v) is 2.21.